The summed E-state index contributed by atoms with van der Waals surface area (Å²) in [5.74, 6) is 0.506. The number of rotatable bonds is 3. The molecule has 0 spiro atoms. The number of benzene rings is 1. The van der Waals surface area contributed by atoms with Crippen LogP contribution in [0.25, 0.3) is 0 Å². The SMILES string of the molecule is COc1cc([N+](=O)[O-])ccc1N=C1NC(=O)CS1. The normalized spacial score (nSPS) is 16.7. The predicted molar refractivity (Wildman–Crippen MR) is 67.3 cm³/mol. The molecule has 1 aromatic rings. The van der Waals surface area contributed by atoms with E-state index in [1.165, 1.54) is 37.1 Å². The fourth-order valence-corrected chi connectivity index (χ4v) is 2.06. The minimum Gasteiger partial charge on any atom is -0.494 e. The van der Waals surface area contributed by atoms with Gasteiger partial charge in [-0.2, -0.15) is 0 Å². The van der Waals surface area contributed by atoms with Gasteiger partial charge in [0.05, 0.1) is 23.9 Å². The lowest BCUT2D eigenvalue weighted by molar-refractivity contribution is -0.384. The van der Waals surface area contributed by atoms with Crippen LogP contribution in [-0.4, -0.2) is 28.9 Å². The maximum atomic E-state index is 11.0. The first-order chi connectivity index (χ1) is 8.60. The lowest BCUT2D eigenvalue weighted by atomic mass is 10.2. The molecule has 0 aromatic heterocycles. The number of carbonyl (C=O) groups excluding carboxylic acids is 1. The van der Waals surface area contributed by atoms with E-state index in [-0.39, 0.29) is 11.6 Å². The first-order valence-corrected chi connectivity index (χ1v) is 5.92. The lowest BCUT2D eigenvalue weighted by Crippen LogP contribution is -2.19. The van der Waals surface area contributed by atoms with Gasteiger partial charge in [0.25, 0.3) is 5.69 Å². The van der Waals surface area contributed by atoms with Crippen LogP contribution in [0, 0.1) is 10.1 Å². The molecule has 1 fully saturated rings. The zero-order chi connectivity index (χ0) is 13.1. The number of thioether (sulfide) groups is 1. The van der Waals surface area contributed by atoms with Crippen molar-refractivity contribution in [3.05, 3.63) is 28.3 Å². The Kier molecular flexibility index (Phi) is 3.47. The van der Waals surface area contributed by atoms with Crippen LogP contribution in [0.3, 0.4) is 0 Å². The van der Waals surface area contributed by atoms with E-state index in [4.69, 9.17) is 4.74 Å². The summed E-state index contributed by atoms with van der Waals surface area (Å²) in [6.07, 6.45) is 0. The number of aliphatic imine (C=N–C) groups is 1. The highest BCUT2D eigenvalue weighted by Crippen LogP contribution is 2.32. The van der Waals surface area contributed by atoms with Crippen LogP contribution in [0.15, 0.2) is 23.2 Å². The molecule has 18 heavy (non-hydrogen) atoms. The highest BCUT2D eigenvalue weighted by Gasteiger charge is 2.18. The number of non-ortho nitro benzene ring substituents is 1. The highest BCUT2D eigenvalue weighted by molar-refractivity contribution is 8.15. The van der Waals surface area contributed by atoms with Crippen LogP contribution in [-0.2, 0) is 4.79 Å². The number of ether oxygens (including phenoxy) is 1. The van der Waals surface area contributed by atoms with E-state index in [0.717, 1.165) is 0 Å². The number of hydrogen-bond acceptors (Lipinski definition) is 6. The zero-order valence-corrected chi connectivity index (χ0v) is 10.2. The van der Waals surface area contributed by atoms with Crippen molar-refractivity contribution in [2.75, 3.05) is 12.9 Å². The zero-order valence-electron chi connectivity index (χ0n) is 9.37. The monoisotopic (exact) mass is 267 g/mol. The van der Waals surface area contributed by atoms with Gasteiger partial charge in [0.15, 0.2) is 10.9 Å². The maximum Gasteiger partial charge on any atom is 0.273 e. The third-order valence-electron chi connectivity index (χ3n) is 2.18. The number of carbonyl (C=O) groups is 1. The van der Waals surface area contributed by atoms with E-state index in [1.54, 1.807) is 0 Å². The molecule has 1 saturated heterocycles. The summed E-state index contributed by atoms with van der Waals surface area (Å²) >= 11 is 1.27. The molecule has 2 rings (SSSR count). The molecule has 7 nitrogen and oxygen atoms in total. The van der Waals surface area contributed by atoms with Gasteiger partial charge < -0.3 is 10.1 Å². The minimum atomic E-state index is -0.508. The number of methoxy groups -OCH3 is 1. The van der Waals surface area contributed by atoms with Crippen molar-refractivity contribution in [3.63, 3.8) is 0 Å². The highest BCUT2D eigenvalue weighted by atomic mass is 32.2. The molecule has 1 aliphatic rings. The van der Waals surface area contributed by atoms with Crippen molar-refractivity contribution in [2.24, 2.45) is 4.99 Å². The topological polar surface area (TPSA) is 93.8 Å². The van der Waals surface area contributed by atoms with Crippen molar-refractivity contribution in [1.82, 2.24) is 5.32 Å². The molecule has 1 N–H and O–H groups in total. The maximum absolute atomic E-state index is 11.0. The fourth-order valence-electron chi connectivity index (χ4n) is 1.37. The van der Waals surface area contributed by atoms with Crippen LogP contribution in [0.4, 0.5) is 11.4 Å². The Morgan fingerprint density at radius 2 is 2.33 bits per heavy atom. The molecular weight excluding hydrogens is 258 g/mol. The fraction of sp³-hybridized carbons (Fsp3) is 0.200. The van der Waals surface area contributed by atoms with Gasteiger partial charge in [-0.15, -0.1) is 0 Å². The molecule has 1 amide bonds. The largest absolute Gasteiger partial charge is 0.494 e. The van der Waals surface area contributed by atoms with Gasteiger partial charge in [-0.25, -0.2) is 4.99 Å². The second-order valence-electron chi connectivity index (χ2n) is 3.37. The summed E-state index contributed by atoms with van der Waals surface area (Å²) in [6, 6.07) is 4.11. The van der Waals surface area contributed by atoms with Gasteiger partial charge in [0, 0.05) is 6.07 Å². The second kappa shape index (κ2) is 5.05. The quantitative estimate of drug-likeness (QED) is 0.660. The van der Waals surface area contributed by atoms with Gasteiger partial charge >= 0.3 is 0 Å². The first-order valence-electron chi connectivity index (χ1n) is 4.94. The molecule has 0 atom stereocenters. The van der Waals surface area contributed by atoms with Crippen LogP contribution in [0.1, 0.15) is 0 Å². The van der Waals surface area contributed by atoms with E-state index in [2.05, 4.69) is 10.3 Å². The van der Waals surface area contributed by atoms with Crippen molar-refractivity contribution in [1.29, 1.82) is 0 Å². The smallest absolute Gasteiger partial charge is 0.273 e. The molecule has 1 heterocycles. The molecule has 1 aromatic carbocycles. The van der Waals surface area contributed by atoms with Crippen molar-refractivity contribution in [3.8, 4) is 5.75 Å². The molecule has 0 unspecified atom stereocenters. The summed E-state index contributed by atoms with van der Waals surface area (Å²) in [5.41, 5.74) is 0.367. The number of nitrogens with one attached hydrogen (secondary N) is 1. The van der Waals surface area contributed by atoms with Crippen molar-refractivity contribution in [2.45, 2.75) is 0 Å². The van der Waals surface area contributed by atoms with Gasteiger partial charge in [0.2, 0.25) is 5.91 Å². The number of nitro benzene ring substituents is 1. The summed E-state index contributed by atoms with van der Waals surface area (Å²) < 4.78 is 5.04. The van der Waals surface area contributed by atoms with E-state index < -0.39 is 4.92 Å². The number of hydrogen-bond donors (Lipinski definition) is 1. The molecule has 1 aliphatic heterocycles. The molecule has 94 valence electrons. The summed E-state index contributed by atoms with van der Waals surface area (Å²) in [5, 5.41) is 13.7. The van der Waals surface area contributed by atoms with Gasteiger partial charge in [-0.3, -0.25) is 14.9 Å². The third kappa shape index (κ3) is 2.59. The Bertz CT molecular complexity index is 544. The molecule has 0 bridgehead atoms. The van der Waals surface area contributed by atoms with Crippen LogP contribution < -0.4 is 10.1 Å². The molecular formula is C10H9N3O4S. The van der Waals surface area contributed by atoms with Crippen LogP contribution >= 0.6 is 11.8 Å². The average molecular weight is 267 g/mol. The Hall–Kier alpha value is -2.09. The number of amides is 1. The van der Waals surface area contributed by atoms with Gasteiger partial charge in [0.1, 0.15) is 5.69 Å². The third-order valence-corrected chi connectivity index (χ3v) is 3.06. The second-order valence-corrected chi connectivity index (χ2v) is 4.33. The molecule has 0 aliphatic carbocycles. The van der Waals surface area contributed by atoms with Crippen LogP contribution in [0.2, 0.25) is 0 Å². The van der Waals surface area contributed by atoms with E-state index in [1.807, 2.05) is 0 Å². The molecule has 8 heteroatoms. The standard InChI is InChI=1S/C10H9N3O4S/c1-17-8-4-6(13(15)16)2-3-7(8)11-10-12-9(14)5-18-10/h2-4H,5H2,1H3,(H,11,12,14). The van der Waals surface area contributed by atoms with E-state index in [0.29, 0.717) is 22.4 Å². The van der Waals surface area contributed by atoms with E-state index in [9.17, 15) is 14.9 Å². The van der Waals surface area contributed by atoms with Gasteiger partial charge in [-0.05, 0) is 6.07 Å². The summed E-state index contributed by atoms with van der Waals surface area (Å²) in [7, 11) is 1.41. The molecule has 0 saturated carbocycles. The number of nitrogens with zero attached hydrogens (tertiary/aromatic N) is 2. The van der Waals surface area contributed by atoms with Crippen LogP contribution in [0.5, 0.6) is 5.75 Å². The van der Waals surface area contributed by atoms with Crippen molar-refractivity contribution >= 4 is 34.2 Å². The number of nitro groups is 1. The Balaban J connectivity index is 2.33. The Morgan fingerprint density at radius 1 is 1.56 bits per heavy atom. The predicted octanol–water partition coefficient (Wildman–Crippen LogP) is 1.45. The lowest BCUT2D eigenvalue weighted by Gasteiger charge is -2.04. The number of amidine groups is 1. The Morgan fingerprint density at radius 3 is 2.89 bits per heavy atom. The van der Waals surface area contributed by atoms with Crippen molar-refractivity contribution < 1.29 is 14.5 Å². The van der Waals surface area contributed by atoms with E-state index >= 15 is 0 Å². The minimum absolute atomic E-state index is 0.0705. The molecule has 0 radical (unpaired) electrons. The summed E-state index contributed by atoms with van der Waals surface area (Å²) in [6.45, 7) is 0. The summed E-state index contributed by atoms with van der Waals surface area (Å²) in [4.78, 5) is 25.3. The first kappa shape index (κ1) is 12.4. The average Bonchev–Trinajstić information content (AvgIpc) is 2.75. The van der Waals surface area contributed by atoms with Gasteiger partial charge in [-0.1, -0.05) is 11.8 Å². The Labute approximate surface area is 106 Å².